The zero-order chi connectivity index (χ0) is 20.4. The molecule has 4 rings (SSSR count). The first-order valence-electron chi connectivity index (χ1n) is 9.84. The van der Waals surface area contributed by atoms with Gasteiger partial charge in [-0.05, 0) is 38.5 Å². The fraction of sp³-hybridized carbons (Fsp3) is 0.476. The molecule has 1 fully saturated rings. The van der Waals surface area contributed by atoms with Crippen molar-refractivity contribution in [3.8, 4) is 10.9 Å². The lowest BCUT2D eigenvalue weighted by molar-refractivity contribution is -0.132. The summed E-state index contributed by atoms with van der Waals surface area (Å²) in [5.41, 5.74) is 2.83. The predicted molar refractivity (Wildman–Crippen MR) is 111 cm³/mol. The number of carbonyl (C=O) groups is 1. The third kappa shape index (κ3) is 4.37. The first-order chi connectivity index (χ1) is 14.0. The smallest absolute Gasteiger partial charge is 0.274 e. The van der Waals surface area contributed by atoms with Crippen molar-refractivity contribution in [2.75, 3.05) is 20.2 Å². The standard InChI is InChI=1S/C21H25N3O4S/c1-13-17(14(2)28-23-13)5-7-20(25)24-10-8-15(9-11-24)27-21-22-18-6-4-16(26-3)12-19(18)29-21/h4,6,12,15H,5,7-11H2,1-3H3. The van der Waals surface area contributed by atoms with Gasteiger partial charge >= 0.3 is 0 Å². The Labute approximate surface area is 173 Å². The number of thiazole rings is 1. The van der Waals surface area contributed by atoms with Gasteiger partial charge in [0.2, 0.25) is 5.91 Å². The Morgan fingerprint density at radius 1 is 1.31 bits per heavy atom. The van der Waals surface area contributed by atoms with Crippen molar-refractivity contribution in [1.82, 2.24) is 15.0 Å². The fourth-order valence-electron chi connectivity index (χ4n) is 3.68. The van der Waals surface area contributed by atoms with Crippen molar-refractivity contribution < 1.29 is 18.8 Å². The highest BCUT2D eigenvalue weighted by atomic mass is 32.1. The first-order valence-corrected chi connectivity index (χ1v) is 10.7. The molecule has 0 saturated carbocycles. The number of likely N-dealkylation sites (tertiary alicyclic amines) is 1. The van der Waals surface area contributed by atoms with E-state index in [1.165, 1.54) is 11.3 Å². The van der Waals surface area contributed by atoms with E-state index in [4.69, 9.17) is 14.0 Å². The van der Waals surface area contributed by atoms with Gasteiger partial charge in [-0.1, -0.05) is 16.5 Å². The lowest BCUT2D eigenvalue weighted by Gasteiger charge is -2.31. The molecule has 0 bridgehead atoms. The number of aryl methyl sites for hydroxylation is 2. The van der Waals surface area contributed by atoms with E-state index >= 15 is 0 Å². The maximum absolute atomic E-state index is 12.6. The Morgan fingerprint density at radius 2 is 2.10 bits per heavy atom. The summed E-state index contributed by atoms with van der Waals surface area (Å²) < 4.78 is 17.6. The van der Waals surface area contributed by atoms with Gasteiger partial charge in [0, 0.05) is 37.9 Å². The Balaban J connectivity index is 1.28. The van der Waals surface area contributed by atoms with Crippen molar-refractivity contribution in [2.24, 2.45) is 0 Å². The third-order valence-electron chi connectivity index (χ3n) is 5.41. The van der Waals surface area contributed by atoms with E-state index in [-0.39, 0.29) is 12.0 Å². The molecule has 3 aromatic rings. The topological polar surface area (TPSA) is 77.7 Å². The molecule has 1 amide bonds. The molecule has 1 aromatic carbocycles. The van der Waals surface area contributed by atoms with Crippen molar-refractivity contribution in [3.63, 3.8) is 0 Å². The average molecular weight is 416 g/mol. The van der Waals surface area contributed by atoms with Crippen LogP contribution in [0.4, 0.5) is 0 Å². The summed E-state index contributed by atoms with van der Waals surface area (Å²) in [5, 5.41) is 4.63. The quantitative estimate of drug-likeness (QED) is 0.607. The lowest BCUT2D eigenvalue weighted by Crippen LogP contribution is -2.41. The number of rotatable bonds is 6. The SMILES string of the molecule is COc1ccc2nc(OC3CCN(C(=O)CCc4c(C)noc4C)CC3)sc2c1. The number of fused-ring (bicyclic) bond motifs is 1. The molecule has 154 valence electrons. The Hall–Kier alpha value is -2.61. The molecular formula is C21H25N3O4S. The van der Waals surface area contributed by atoms with E-state index in [1.807, 2.05) is 36.9 Å². The van der Waals surface area contributed by atoms with Crippen LogP contribution in [0, 0.1) is 13.8 Å². The minimum atomic E-state index is 0.0871. The van der Waals surface area contributed by atoms with E-state index in [0.29, 0.717) is 31.1 Å². The molecule has 0 N–H and O–H groups in total. The second kappa shape index (κ2) is 8.41. The Morgan fingerprint density at radius 3 is 2.79 bits per heavy atom. The number of hydrogen-bond donors (Lipinski definition) is 0. The summed E-state index contributed by atoms with van der Waals surface area (Å²) >= 11 is 1.53. The van der Waals surface area contributed by atoms with Gasteiger partial charge in [-0.25, -0.2) is 4.98 Å². The molecule has 8 heteroatoms. The van der Waals surface area contributed by atoms with Gasteiger partial charge in [-0.2, -0.15) is 0 Å². The zero-order valence-electron chi connectivity index (χ0n) is 16.9. The molecule has 3 heterocycles. The zero-order valence-corrected chi connectivity index (χ0v) is 17.8. The van der Waals surface area contributed by atoms with Crippen LogP contribution in [0.2, 0.25) is 0 Å². The van der Waals surface area contributed by atoms with Crippen LogP contribution in [0.15, 0.2) is 22.7 Å². The van der Waals surface area contributed by atoms with Crippen LogP contribution in [-0.4, -0.2) is 47.3 Å². The highest BCUT2D eigenvalue weighted by Crippen LogP contribution is 2.32. The Kier molecular flexibility index (Phi) is 5.71. The number of piperidine rings is 1. The molecule has 0 unspecified atom stereocenters. The number of carbonyl (C=O) groups excluding carboxylic acids is 1. The Bertz CT molecular complexity index is 985. The van der Waals surface area contributed by atoms with Crippen molar-refractivity contribution in [1.29, 1.82) is 0 Å². The van der Waals surface area contributed by atoms with Crippen LogP contribution in [0.25, 0.3) is 10.2 Å². The summed E-state index contributed by atoms with van der Waals surface area (Å²) in [5.74, 6) is 1.79. The van der Waals surface area contributed by atoms with Crippen LogP contribution in [0.1, 0.15) is 36.3 Å². The van der Waals surface area contributed by atoms with Crippen molar-refractivity contribution >= 4 is 27.5 Å². The van der Waals surface area contributed by atoms with E-state index in [2.05, 4.69) is 10.1 Å². The number of aromatic nitrogens is 2. The highest BCUT2D eigenvalue weighted by Gasteiger charge is 2.25. The summed E-state index contributed by atoms with van der Waals surface area (Å²) in [4.78, 5) is 19.1. The summed E-state index contributed by atoms with van der Waals surface area (Å²) in [6, 6.07) is 5.82. The summed E-state index contributed by atoms with van der Waals surface area (Å²) in [6.45, 7) is 5.23. The van der Waals surface area contributed by atoms with Crippen LogP contribution >= 0.6 is 11.3 Å². The number of hydrogen-bond acceptors (Lipinski definition) is 7. The monoisotopic (exact) mass is 415 g/mol. The predicted octanol–water partition coefficient (Wildman–Crippen LogP) is 3.91. The molecule has 0 atom stereocenters. The maximum atomic E-state index is 12.6. The number of amides is 1. The molecular weight excluding hydrogens is 390 g/mol. The van der Waals surface area contributed by atoms with Crippen LogP contribution in [0.3, 0.4) is 0 Å². The number of benzene rings is 1. The van der Waals surface area contributed by atoms with Gasteiger partial charge in [-0.3, -0.25) is 4.79 Å². The van der Waals surface area contributed by atoms with Crippen LogP contribution in [0.5, 0.6) is 10.9 Å². The molecule has 0 spiro atoms. The molecule has 2 aromatic heterocycles. The third-order valence-corrected chi connectivity index (χ3v) is 6.32. The van der Waals surface area contributed by atoms with Gasteiger partial charge in [0.1, 0.15) is 17.6 Å². The lowest BCUT2D eigenvalue weighted by atomic mass is 10.0. The molecule has 0 radical (unpaired) electrons. The van der Waals surface area contributed by atoms with Crippen molar-refractivity contribution in [3.05, 3.63) is 35.2 Å². The molecule has 7 nitrogen and oxygen atoms in total. The first kappa shape index (κ1) is 19.7. The number of ether oxygens (including phenoxy) is 2. The van der Waals surface area contributed by atoms with Gasteiger partial charge in [-0.15, -0.1) is 0 Å². The van der Waals surface area contributed by atoms with Gasteiger partial charge in [0.05, 0.1) is 23.0 Å². The average Bonchev–Trinajstić information content (AvgIpc) is 3.28. The largest absolute Gasteiger partial charge is 0.497 e. The maximum Gasteiger partial charge on any atom is 0.274 e. The molecule has 1 saturated heterocycles. The number of methoxy groups -OCH3 is 1. The molecule has 0 aliphatic carbocycles. The second-order valence-electron chi connectivity index (χ2n) is 7.31. The van der Waals surface area contributed by atoms with E-state index in [1.54, 1.807) is 7.11 Å². The van der Waals surface area contributed by atoms with Gasteiger partial charge in [0.15, 0.2) is 0 Å². The molecule has 29 heavy (non-hydrogen) atoms. The second-order valence-corrected chi connectivity index (χ2v) is 8.31. The molecule has 1 aliphatic rings. The minimum Gasteiger partial charge on any atom is -0.497 e. The fourth-order valence-corrected chi connectivity index (χ4v) is 4.59. The van der Waals surface area contributed by atoms with Crippen LogP contribution in [-0.2, 0) is 11.2 Å². The highest BCUT2D eigenvalue weighted by molar-refractivity contribution is 7.20. The van der Waals surface area contributed by atoms with E-state index < -0.39 is 0 Å². The van der Waals surface area contributed by atoms with Crippen LogP contribution < -0.4 is 9.47 Å². The van der Waals surface area contributed by atoms with Gasteiger partial charge in [0.25, 0.3) is 5.19 Å². The van der Waals surface area contributed by atoms with E-state index in [0.717, 1.165) is 45.8 Å². The minimum absolute atomic E-state index is 0.0871. The summed E-state index contributed by atoms with van der Waals surface area (Å²) in [7, 11) is 1.66. The van der Waals surface area contributed by atoms with Gasteiger partial charge < -0.3 is 18.9 Å². The number of nitrogens with zero attached hydrogens (tertiary/aromatic N) is 3. The van der Waals surface area contributed by atoms with Crippen molar-refractivity contribution in [2.45, 2.75) is 45.6 Å². The summed E-state index contributed by atoms with van der Waals surface area (Å²) in [6.07, 6.45) is 2.87. The van der Waals surface area contributed by atoms with E-state index in [9.17, 15) is 4.79 Å². The molecule has 1 aliphatic heterocycles. The normalized spacial score (nSPS) is 15.1.